The molecule has 2 aromatic carbocycles. The average Bonchev–Trinajstić information content (AvgIpc) is 3.25. The summed E-state index contributed by atoms with van der Waals surface area (Å²) in [6.07, 6.45) is 5.59. The van der Waals surface area contributed by atoms with Gasteiger partial charge in [0.25, 0.3) is 6.47 Å². The van der Waals surface area contributed by atoms with Gasteiger partial charge in [-0.05, 0) is 60.3 Å². The average molecular weight is 469 g/mol. The molecular formula is C25H32N4O5. The van der Waals surface area contributed by atoms with Crippen LogP contribution in [0.25, 0.3) is 21.9 Å². The summed E-state index contributed by atoms with van der Waals surface area (Å²) in [4.78, 5) is 21.7. The van der Waals surface area contributed by atoms with Crippen molar-refractivity contribution in [2.75, 3.05) is 26.2 Å². The molecule has 1 aromatic heterocycles. The molecule has 2 heterocycles. The molecule has 4 N–H and O–H groups in total. The Kier molecular flexibility index (Phi) is 9.00. The van der Waals surface area contributed by atoms with Gasteiger partial charge in [-0.2, -0.15) is 5.10 Å². The number of nitrogens with zero attached hydrogens (tertiary/aromatic N) is 3. The fraction of sp³-hybridized carbons (Fsp3) is 0.400. The second-order valence-corrected chi connectivity index (χ2v) is 8.58. The second-order valence-electron chi connectivity index (χ2n) is 8.58. The Balaban J connectivity index is 0.00000103. The fourth-order valence-corrected chi connectivity index (χ4v) is 4.37. The minimum atomic E-state index is -0.582. The molecule has 0 aliphatic carbocycles. The quantitative estimate of drug-likeness (QED) is 0.432. The van der Waals surface area contributed by atoms with Crippen molar-refractivity contribution in [3.05, 3.63) is 48.8 Å². The molecule has 1 amide bonds. The van der Waals surface area contributed by atoms with Gasteiger partial charge in [0.1, 0.15) is 18.5 Å². The van der Waals surface area contributed by atoms with Crippen molar-refractivity contribution in [2.45, 2.75) is 25.4 Å². The van der Waals surface area contributed by atoms with Gasteiger partial charge >= 0.3 is 0 Å². The normalized spacial score (nSPS) is 15.4. The summed E-state index contributed by atoms with van der Waals surface area (Å²) in [5.41, 5.74) is 7.40. The van der Waals surface area contributed by atoms with Crippen LogP contribution in [-0.4, -0.2) is 69.6 Å². The lowest BCUT2D eigenvalue weighted by Gasteiger charge is -2.32. The van der Waals surface area contributed by atoms with Crippen molar-refractivity contribution < 1.29 is 24.5 Å². The van der Waals surface area contributed by atoms with E-state index in [1.165, 1.54) is 0 Å². The van der Waals surface area contributed by atoms with Gasteiger partial charge in [-0.25, -0.2) is 0 Å². The van der Waals surface area contributed by atoms with Gasteiger partial charge in [0.05, 0.1) is 6.20 Å². The number of aliphatic hydroxyl groups excluding tert-OH is 1. The van der Waals surface area contributed by atoms with E-state index in [0.717, 1.165) is 53.6 Å². The van der Waals surface area contributed by atoms with Crippen molar-refractivity contribution in [3.8, 4) is 16.9 Å². The van der Waals surface area contributed by atoms with Gasteiger partial charge in [-0.1, -0.05) is 24.3 Å². The summed E-state index contributed by atoms with van der Waals surface area (Å²) >= 11 is 0. The van der Waals surface area contributed by atoms with Crippen molar-refractivity contribution >= 4 is 23.2 Å². The van der Waals surface area contributed by atoms with Gasteiger partial charge < -0.3 is 25.6 Å². The number of hydrogen-bond acceptors (Lipinski definition) is 6. The standard InChI is InChI=1S/C24H30N4O3.CH2O2/c1-27-14-19(13-26-27)23-12-21(11-18-4-2-3-5-22(18)23)31-16-20(29)15-28-8-6-17(7-9-28)10-24(25)30;2-1-3/h2-5,11-14,17,20,29H,6-10,15-16H2,1H3,(H2,25,30);1H,(H,2,3). The van der Waals surface area contributed by atoms with Crippen LogP contribution in [0.5, 0.6) is 5.75 Å². The Bertz CT molecular complexity index is 1090. The third-order valence-electron chi connectivity index (χ3n) is 5.96. The van der Waals surface area contributed by atoms with E-state index >= 15 is 0 Å². The maximum atomic E-state index is 11.1. The highest BCUT2D eigenvalue weighted by Crippen LogP contribution is 2.33. The number of hydrogen-bond donors (Lipinski definition) is 3. The van der Waals surface area contributed by atoms with Crippen LogP contribution in [-0.2, 0) is 16.6 Å². The maximum absolute atomic E-state index is 11.1. The summed E-state index contributed by atoms with van der Waals surface area (Å²) in [6.45, 7) is 2.28. The topological polar surface area (TPSA) is 131 Å². The number of fused-ring (bicyclic) bond motifs is 1. The Labute approximate surface area is 198 Å². The zero-order valence-electron chi connectivity index (χ0n) is 19.3. The lowest BCUT2D eigenvalue weighted by atomic mass is 9.93. The number of nitrogens with two attached hydrogens (primary N) is 1. The highest BCUT2D eigenvalue weighted by Gasteiger charge is 2.22. The van der Waals surface area contributed by atoms with E-state index in [-0.39, 0.29) is 19.0 Å². The Hall–Kier alpha value is -3.43. The number of primary amides is 1. The van der Waals surface area contributed by atoms with Gasteiger partial charge in [0, 0.05) is 31.8 Å². The monoisotopic (exact) mass is 468 g/mol. The smallest absolute Gasteiger partial charge is 0.290 e. The molecule has 0 bridgehead atoms. The van der Waals surface area contributed by atoms with Crippen molar-refractivity contribution in [3.63, 3.8) is 0 Å². The molecule has 3 aromatic rings. The second kappa shape index (κ2) is 12.2. The number of aromatic nitrogens is 2. The third-order valence-corrected chi connectivity index (χ3v) is 5.96. The highest BCUT2D eigenvalue weighted by molar-refractivity contribution is 5.97. The summed E-state index contributed by atoms with van der Waals surface area (Å²) in [5.74, 6) is 0.871. The zero-order valence-corrected chi connectivity index (χ0v) is 19.3. The predicted molar refractivity (Wildman–Crippen MR) is 129 cm³/mol. The number of carbonyl (C=O) groups is 2. The Morgan fingerprint density at radius 2 is 2.00 bits per heavy atom. The van der Waals surface area contributed by atoms with E-state index in [2.05, 4.69) is 22.1 Å². The largest absolute Gasteiger partial charge is 0.491 e. The Morgan fingerprint density at radius 1 is 1.29 bits per heavy atom. The van der Waals surface area contributed by atoms with Gasteiger partial charge in [0.15, 0.2) is 0 Å². The number of carboxylic acid groups (broad SMARTS) is 1. The zero-order chi connectivity index (χ0) is 24.5. The van der Waals surface area contributed by atoms with Crippen molar-refractivity contribution in [1.82, 2.24) is 14.7 Å². The SMILES string of the molecule is Cn1cc(-c2cc(OCC(O)CN3CCC(CC(N)=O)CC3)cc3ccccc23)cn1.O=CO. The number of aryl methyl sites for hydroxylation is 1. The first-order valence-corrected chi connectivity index (χ1v) is 11.3. The van der Waals surface area contributed by atoms with Crippen LogP contribution < -0.4 is 10.5 Å². The molecule has 9 heteroatoms. The number of rotatable bonds is 8. The lowest BCUT2D eigenvalue weighted by Crippen LogP contribution is -2.41. The fourth-order valence-electron chi connectivity index (χ4n) is 4.37. The molecule has 1 atom stereocenters. The van der Waals surface area contributed by atoms with Crippen LogP contribution >= 0.6 is 0 Å². The molecule has 1 fully saturated rings. The third kappa shape index (κ3) is 7.03. The van der Waals surface area contributed by atoms with Gasteiger partial charge in [0.2, 0.25) is 5.91 Å². The molecule has 1 aliphatic heterocycles. The van der Waals surface area contributed by atoms with Gasteiger partial charge in [-0.3, -0.25) is 14.3 Å². The molecular weight excluding hydrogens is 436 g/mol. The maximum Gasteiger partial charge on any atom is 0.290 e. The van der Waals surface area contributed by atoms with Crippen molar-refractivity contribution in [2.24, 2.45) is 18.7 Å². The minimum Gasteiger partial charge on any atom is -0.491 e. The van der Waals surface area contributed by atoms with Crippen LogP contribution in [0, 0.1) is 5.92 Å². The molecule has 0 radical (unpaired) electrons. The highest BCUT2D eigenvalue weighted by atomic mass is 16.5. The number of β-amino-alcohol motifs (C(OH)–C–C–N with tert-alkyl or cyclic N) is 1. The number of carbonyl (C=O) groups excluding carboxylic acids is 1. The first-order valence-electron chi connectivity index (χ1n) is 11.3. The molecule has 0 saturated carbocycles. The van der Waals surface area contributed by atoms with E-state index < -0.39 is 6.10 Å². The Morgan fingerprint density at radius 3 is 2.65 bits per heavy atom. The van der Waals surface area contributed by atoms with E-state index in [1.807, 2.05) is 43.7 Å². The molecule has 34 heavy (non-hydrogen) atoms. The summed E-state index contributed by atoms with van der Waals surface area (Å²) in [6, 6.07) is 12.2. The first kappa shape index (κ1) is 25.2. The van der Waals surface area contributed by atoms with Crippen LogP contribution in [0.15, 0.2) is 48.8 Å². The van der Waals surface area contributed by atoms with Crippen LogP contribution in [0.2, 0.25) is 0 Å². The van der Waals surface area contributed by atoms with Crippen LogP contribution in [0.4, 0.5) is 0 Å². The van der Waals surface area contributed by atoms with E-state index in [1.54, 1.807) is 4.68 Å². The number of ether oxygens (including phenoxy) is 1. The molecule has 1 aliphatic rings. The number of likely N-dealkylation sites (tertiary alicyclic amines) is 1. The number of piperidine rings is 1. The lowest BCUT2D eigenvalue weighted by molar-refractivity contribution is -0.123. The molecule has 9 nitrogen and oxygen atoms in total. The molecule has 182 valence electrons. The van der Waals surface area contributed by atoms with E-state index in [9.17, 15) is 9.90 Å². The van der Waals surface area contributed by atoms with E-state index in [0.29, 0.717) is 18.9 Å². The minimum absolute atomic E-state index is 0.228. The molecule has 4 rings (SSSR count). The van der Waals surface area contributed by atoms with Gasteiger partial charge in [-0.15, -0.1) is 0 Å². The number of amides is 1. The molecule has 1 unspecified atom stereocenters. The first-order chi connectivity index (χ1) is 16.4. The molecule has 1 saturated heterocycles. The summed E-state index contributed by atoms with van der Waals surface area (Å²) in [7, 11) is 1.90. The summed E-state index contributed by atoms with van der Waals surface area (Å²) in [5, 5.41) is 23.9. The number of benzene rings is 2. The van der Waals surface area contributed by atoms with Crippen LogP contribution in [0.3, 0.4) is 0 Å². The predicted octanol–water partition coefficient (Wildman–Crippen LogP) is 2.27. The summed E-state index contributed by atoms with van der Waals surface area (Å²) < 4.78 is 7.78. The van der Waals surface area contributed by atoms with Crippen molar-refractivity contribution in [1.29, 1.82) is 0 Å². The van der Waals surface area contributed by atoms with Crippen LogP contribution in [0.1, 0.15) is 19.3 Å². The number of aliphatic hydroxyl groups is 1. The molecule has 0 spiro atoms. The van der Waals surface area contributed by atoms with E-state index in [4.69, 9.17) is 20.4 Å².